The summed E-state index contributed by atoms with van der Waals surface area (Å²) in [5.74, 6) is 0. The maximum absolute atomic E-state index is 9.74. The molecule has 0 aromatic heterocycles. The SMILES string of the molecule is COC[C@H]1O[13C@H]([18OH])[C@@H](OC)[C@@H](OC)[C@@H]1OC. The molecule has 5 atom stereocenters. The van der Waals surface area contributed by atoms with Crippen molar-refractivity contribution in [3.05, 3.63) is 0 Å². The largest absolute Gasteiger partial charge is 0.382 e. The first-order chi connectivity index (χ1) is 7.69. The van der Waals surface area contributed by atoms with Crippen molar-refractivity contribution >= 4 is 0 Å². The summed E-state index contributed by atoms with van der Waals surface area (Å²) >= 11 is 0. The van der Waals surface area contributed by atoms with Gasteiger partial charge in [0.15, 0.2) is 6.29 Å². The van der Waals surface area contributed by atoms with E-state index in [4.69, 9.17) is 23.7 Å². The van der Waals surface area contributed by atoms with Gasteiger partial charge in [-0.1, -0.05) is 0 Å². The Bertz CT molecular complexity index is 200. The van der Waals surface area contributed by atoms with Crippen molar-refractivity contribution < 1.29 is 28.8 Å². The summed E-state index contributed by atoms with van der Waals surface area (Å²) in [4.78, 5) is 0. The van der Waals surface area contributed by atoms with Crippen molar-refractivity contribution in [2.75, 3.05) is 35.0 Å². The minimum absolute atomic E-state index is 0.325. The molecule has 1 aliphatic heterocycles. The highest BCUT2D eigenvalue weighted by Crippen LogP contribution is 2.25. The van der Waals surface area contributed by atoms with E-state index in [1.807, 2.05) is 0 Å². The molecule has 0 saturated carbocycles. The van der Waals surface area contributed by atoms with Crippen LogP contribution in [0.4, 0.5) is 0 Å². The fourth-order valence-electron chi connectivity index (χ4n) is 2.00. The van der Waals surface area contributed by atoms with Gasteiger partial charge in [0, 0.05) is 28.4 Å². The molecule has 0 aliphatic carbocycles. The minimum atomic E-state index is -1.04. The molecule has 1 fully saturated rings. The van der Waals surface area contributed by atoms with E-state index in [9.17, 15) is 5.11 Å². The van der Waals surface area contributed by atoms with Gasteiger partial charge < -0.3 is 28.8 Å². The molecule has 6 nitrogen and oxygen atoms in total. The average Bonchev–Trinajstić information content (AvgIpc) is 2.28. The molecular formula is C10H20O6. The smallest absolute Gasteiger partial charge is 0.184 e. The molecule has 1 rings (SSSR count). The minimum Gasteiger partial charge on any atom is -0.382 e. The fraction of sp³-hybridized carbons (Fsp3) is 1.00. The molecule has 1 saturated heterocycles. The Morgan fingerprint density at radius 2 is 1.50 bits per heavy atom. The molecule has 1 heterocycles. The van der Waals surface area contributed by atoms with Crippen molar-refractivity contribution in [1.29, 1.82) is 0 Å². The first-order valence-corrected chi connectivity index (χ1v) is 5.10. The van der Waals surface area contributed by atoms with Crippen LogP contribution in [0.1, 0.15) is 0 Å². The zero-order valence-corrected chi connectivity index (χ0v) is 10.1. The first-order valence-electron chi connectivity index (χ1n) is 5.10. The van der Waals surface area contributed by atoms with Crippen LogP contribution >= 0.6 is 0 Å². The highest BCUT2D eigenvalue weighted by atomic mass is 18.2. The molecule has 1 N–H and O–H groups in total. The Hall–Kier alpha value is -0.240. The highest BCUT2D eigenvalue weighted by Gasteiger charge is 2.46. The van der Waals surface area contributed by atoms with Gasteiger partial charge in [0.05, 0.1) is 6.61 Å². The third-order valence-electron chi connectivity index (χ3n) is 2.76. The second-order valence-electron chi connectivity index (χ2n) is 3.62. The summed E-state index contributed by atoms with van der Waals surface area (Å²) < 4.78 is 26.1. The number of ether oxygens (including phenoxy) is 5. The van der Waals surface area contributed by atoms with Crippen LogP contribution in [0.5, 0.6) is 0 Å². The molecule has 1 aliphatic rings. The quantitative estimate of drug-likeness (QED) is 0.510. The standard InChI is InChI=1S/C10H20O6/c1-12-5-6-7(13-2)8(14-3)9(15-4)10(11)16-6/h6-11H,5H2,1-4H3/t6-,7-,8+,9+,10+/m1/s1/i10+1,11+2. The Morgan fingerprint density at radius 3 is 1.94 bits per heavy atom. The summed E-state index contributed by atoms with van der Waals surface area (Å²) in [6.45, 7) is 0.325. The van der Waals surface area contributed by atoms with Gasteiger partial charge in [0.1, 0.15) is 24.4 Å². The van der Waals surface area contributed by atoms with Gasteiger partial charge in [-0.15, -0.1) is 0 Å². The summed E-state index contributed by atoms with van der Waals surface area (Å²) in [5.41, 5.74) is 0. The molecular weight excluding hydrogens is 219 g/mol. The second kappa shape index (κ2) is 6.48. The van der Waals surface area contributed by atoms with Crippen LogP contribution < -0.4 is 0 Å². The monoisotopic (exact) mass is 239 g/mol. The van der Waals surface area contributed by atoms with Gasteiger partial charge >= 0.3 is 0 Å². The van der Waals surface area contributed by atoms with Gasteiger partial charge in [-0.3, -0.25) is 0 Å². The van der Waals surface area contributed by atoms with Crippen LogP contribution in [0.25, 0.3) is 0 Å². The zero-order chi connectivity index (χ0) is 12.1. The fourth-order valence-corrected chi connectivity index (χ4v) is 2.00. The Kier molecular flexibility index (Phi) is 5.60. The number of aliphatic hydroxyl groups excluding tert-OH is 1. The van der Waals surface area contributed by atoms with E-state index >= 15 is 0 Å². The van der Waals surface area contributed by atoms with E-state index in [1.54, 1.807) is 21.3 Å². The summed E-state index contributed by atoms with van der Waals surface area (Å²) in [7, 11) is 6.16. The third-order valence-corrected chi connectivity index (χ3v) is 2.76. The van der Waals surface area contributed by atoms with Gasteiger partial charge in [-0.25, -0.2) is 0 Å². The van der Waals surface area contributed by atoms with Crippen LogP contribution in [-0.4, -0.2) is 70.9 Å². The van der Waals surface area contributed by atoms with E-state index in [2.05, 4.69) is 0 Å². The number of hydrogen-bond acceptors (Lipinski definition) is 6. The Morgan fingerprint density at radius 1 is 0.938 bits per heavy atom. The second-order valence-corrected chi connectivity index (χ2v) is 3.62. The topological polar surface area (TPSA) is 66.4 Å². The van der Waals surface area contributed by atoms with E-state index in [0.29, 0.717) is 6.61 Å². The van der Waals surface area contributed by atoms with Gasteiger partial charge in [0.2, 0.25) is 0 Å². The molecule has 0 unspecified atom stereocenters. The number of aliphatic hydroxyl groups is 1. The van der Waals surface area contributed by atoms with Crippen molar-refractivity contribution in [2.45, 2.75) is 30.7 Å². The lowest BCUT2D eigenvalue weighted by Gasteiger charge is -2.42. The molecule has 0 amide bonds. The van der Waals surface area contributed by atoms with Crippen molar-refractivity contribution in [2.24, 2.45) is 0 Å². The maximum atomic E-state index is 9.74. The predicted molar refractivity (Wildman–Crippen MR) is 55.1 cm³/mol. The van der Waals surface area contributed by atoms with Crippen molar-refractivity contribution in [3.63, 3.8) is 0 Å². The molecule has 96 valence electrons. The number of hydrogen-bond donors (Lipinski definition) is 1. The zero-order valence-electron chi connectivity index (χ0n) is 10.1. The molecule has 6 heteroatoms. The van der Waals surface area contributed by atoms with Crippen molar-refractivity contribution in [3.8, 4) is 0 Å². The molecule has 0 aromatic rings. The Balaban J connectivity index is 2.78. The molecule has 16 heavy (non-hydrogen) atoms. The van der Waals surface area contributed by atoms with Crippen LogP contribution in [0.3, 0.4) is 0 Å². The lowest BCUT2D eigenvalue weighted by Crippen LogP contribution is -2.60. The van der Waals surface area contributed by atoms with Gasteiger partial charge in [-0.05, 0) is 0 Å². The van der Waals surface area contributed by atoms with Crippen LogP contribution in [0.2, 0.25) is 0 Å². The van der Waals surface area contributed by atoms with Crippen LogP contribution in [0.15, 0.2) is 0 Å². The predicted octanol–water partition coefficient (Wildman–Crippen LogP) is -0.605. The van der Waals surface area contributed by atoms with Crippen molar-refractivity contribution in [1.82, 2.24) is 0 Å². The maximum Gasteiger partial charge on any atom is 0.184 e. The van der Waals surface area contributed by atoms with Crippen LogP contribution in [0, 0.1) is 0 Å². The van der Waals surface area contributed by atoms with E-state index < -0.39 is 12.4 Å². The van der Waals surface area contributed by atoms with E-state index in [0.717, 1.165) is 0 Å². The van der Waals surface area contributed by atoms with Crippen LogP contribution in [-0.2, 0) is 23.7 Å². The lowest BCUT2D eigenvalue weighted by atomic mass is 10.0. The average molecular weight is 239 g/mol. The van der Waals surface area contributed by atoms with Gasteiger partial charge in [0.25, 0.3) is 0 Å². The summed E-state index contributed by atoms with van der Waals surface area (Å²) in [6, 6.07) is 0. The van der Waals surface area contributed by atoms with E-state index in [-0.39, 0.29) is 18.3 Å². The lowest BCUT2D eigenvalue weighted by molar-refractivity contribution is -0.300. The Labute approximate surface area is 95.4 Å². The molecule has 0 bridgehead atoms. The number of rotatable bonds is 5. The molecule has 0 aromatic carbocycles. The van der Waals surface area contributed by atoms with E-state index in [1.165, 1.54) is 7.11 Å². The molecule has 0 radical (unpaired) electrons. The normalized spacial score (nSPS) is 39.9. The van der Waals surface area contributed by atoms with Gasteiger partial charge in [-0.2, -0.15) is 0 Å². The third kappa shape index (κ3) is 2.71. The summed E-state index contributed by atoms with van der Waals surface area (Å²) in [6.07, 6.45) is -2.71. The molecule has 0 spiro atoms. The highest BCUT2D eigenvalue weighted by molar-refractivity contribution is 4.91. The summed E-state index contributed by atoms with van der Waals surface area (Å²) in [5, 5.41) is 9.74. The first kappa shape index (κ1) is 13.8. The number of methoxy groups -OCH3 is 4.